The van der Waals surface area contributed by atoms with Gasteiger partial charge in [0, 0.05) is 33.4 Å². The quantitative estimate of drug-likeness (QED) is 0.602. The second-order valence-electron chi connectivity index (χ2n) is 4.23. The Hall–Kier alpha value is -1.91. The van der Waals surface area contributed by atoms with Crippen molar-refractivity contribution < 1.29 is 9.90 Å². The summed E-state index contributed by atoms with van der Waals surface area (Å²) in [7, 11) is 0. The molecule has 0 bridgehead atoms. The van der Waals surface area contributed by atoms with Crippen LogP contribution in [0.1, 0.15) is 15.9 Å². The van der Waals surface area contributed by atoms with E-state index in [1.54, 1.807) is 18.2 Å². The number of rotatable bonds is 3. The topological polar surface area (TPSA) is 75.3 Å². The lowest BCUT2D eigenvalue weighted by Gasteiger charge is -2.08. The van der Waals surface area contributed by atoms with E-state index in [1.165, 1.54) is 18.2 Å². The highest BCUT2D eigenvalue weighted by Crippen LogP contribution is 2.21. The molecule has 0 saturated heterocycles. The van der Waals surface area contributed by atoms with Crippen LogP contribution in [0.15, 0.2) is 36.4 Å². The van der Waals surface area contributed by atoms with Crippen LogP contribution in [0, 0.1) is 0 Å². The molecule has 0 spiro atoms. The van der Waals surface area contributed by atoms with Crippen molar-refractivity contribution in [1.29, 1.82) is 0 Å². The molecule has 2 aromatic rings. The van der Waals surface area contributed by atoms with Gasteiger partial charge in [-0.2, -0.15) is 0 Å². The summed E-state index contributed by atoms with van der Waals surface area (Å²) in [5, 5.41) is 13.1. The average molecular weight is 311 g/mol. The molecule has 6 heteroatoms. The van der Waals surface area contributed by atoms with Gasteiger partial charge in [0.2, 0.25) is 0 Å². The van der Waals surface area contributed by atoms with Gasteiger partial charge in [-0.05, 0) is 36.4 Å². The predicted molar refractivity (Wildman–Crippen MR) is 80.2 cm³/mol. The molecule has 20 heavy (non-hydrogen) atoms. The molecular formula is C14H12Cl2N2O2. The summed E-state index contributed by atoms with van der Waals surface area (Å²) in [4.78, 5) is 12.0. The van der Waals surface area contributed by atoms with Crippen molar-refractivity contribution in [1.82, 2.24) is 5.32 Å². The number of anilines is 1. The third kappa shape index (κ3) is 3.56. The van der Waals surface area contributed by atoms with Crippen molar-refractivity contribution >= 4 is 34.8 Å². The molecule has 0 aliphatic heterocycles. The molecule has 0 aromatic heterocycles. The van der Waals surface area contributed by atoms with Gasteiger partial charge in [0.15, 0.2) is 0 Å². The van der Waals surface area contributed by atoms with Crippen LogP contribution in [-0.4, -0.2) is 11.0 Å². The Kier molecular flexibility index (Phi) is 4.37. The summed E-state index contributed by atoms with van der Waals surface area (Å²) in [5.74, 6) is -0.264. The number of phenolic OH excluding ortho intramolecular Hbond substituents is 1. The summed E-state index contributed by atoms with van der Waals surface area (Å²) in [6, 6.07) is 9.23. The van der Waals surface area contributed by atoms with Crippen LogP contribution in [-0.2, 0) is 6.54 Å². The van der Waals surface area contributed by atoms with Crippen molar-refractivity contribution in [2.24, 2.45) is 0 Å². The van der Waals surface area contributed by atoms with Crippen molar-refractivity contribution in [2.45, 2.75) is 6.54 Å². The third-order valence-electron chi connectivity index (χ3n) is 2.67. The highest BCUT2D eigenvalue weighted by molar-refractivity contribution is 6.35. The number of hydrogen-bond donors (Lipinski definition) is 3. The second-order valence-corrected chi connectivity index (χ2v) is 5.10. The number of amides is 1. The first kappa shape index (κ1) is 14.5. The third-order valence-corrected chi connectivity index (χ3v) is 3.10. The number of nitrogens with two attached hydrogens (primary N) is 1. The molecule has 0 unspecified atom stereocenters. The Morgan fingerprint density at radius 1 is 1.15 bits per heavy atom. The van der Waals surface area contributed by atoms with Gasteiger partial charge in [-0.25, -0.2) is 0 Å². The Labute approximate surface area is 126 Å². The predicted octanol–water partition coefficient (Wildman–Crippen LogP) is 3.21. The molecular weight excluding hydrogens is 299 g/mol. The van der Waals surface area contributed by atoms with Crippen molar-refractivity contribution in [3.63, 3.8) is 0 Å². The van der Waals surface area contributed by atoms with Crippen LogP contribution in [0.3, 0.4) is 0 Å². The highest BCUT2D eigenvalue weighted by atomic mass is 35.5. The van der Waals surface area contributed by atoms with E-state index in [4.69, 9.17) is 28.9 Å². The number of aromatic hydroxyl groups is 1. The van der Waals surface area contributed by atoms with E-state index in [0.29, 0.717) is 26.9 Å². The lowest BCUT2D eigenvalue weighted by Crippen LogP contribution is -2.22. The molecule has 0 fully saturated rings. The molecule has 0 heterocycles. The van der Waals surface area contributed by atoms with Gasteiger partial charge in [0.1, 0.15) is 5.75 Å². The number of carbonyl (C=O) groups is 1. The molecule has 1 amide bonds. The van der Waals surface area contributed by atoms with E-state index in [9.17, 15) is 9.90 Å². The van der Waals surface area contributed by atoms with E-state index in [1.807, 2.05) is 0 Å². The molecule has 4 nitrogen and oxygen atoms in total. The summed E-state index contributed by atoms with van der Waals surface area (Å²) >= 11 is 11.7. The normalized spacial score (nSPS) is 10.3. The molecule has 0 radical (unpaired) electrons. The largest absolute Gasteiger partial charge is 0.508 e. The molecule has 2 rings (SSSR count). The molecule has 4 N–H and O–H groups in total. The first-order chi connectivity index (χ1) is 9.45. The molecule has 2 aromatic carbocycles. The standard InChI is InChI=1S/C14H12Cl2N2O2/c15-10-3-8(4-11(16)6-10)14(20)18-7-9-5-12(17)1-2-13(9)19/h1-6,19H,7,17H2,(H,18,20). The molecule has 0 aliphatic carbocycles. The zero-order valence-electron chi connectivity index (χ0n) is 10.4. The number of nitrogens with one attached hydrogen (secondary N) is 1. The van der Waals surface area contributed by atoms with Crippen LogP contribution in [0.25, 0.3) is 0 Å². The minimum Gasteiger partial charge on any atom is -0.508 e. The van der Waals surface area contributed by atoms with Gasteiger partial charge in [-0.3, -0.25) is 4.79 Å². The Bertz CT molecular complexity index is 639. The first-order valence-corrected chi connectivity index (χ1v) is 6.53. The maximum atomic E-state index is 12.0. The lowest BCUT2D eigenvalue weighted by molar-refractivity contribution is 0.0950. The SMILES string of the molecule is Nc1ccc(O)c(CNC(=O)c2cc(Cl)cc(Cl)c2)c1. The van der Waals surface area contributed by atoms with Gasteiger partial charge in [0.25, 0.3) is 5.91 Å². The summed E-state index contributed by atoms with van der Waals surface area (Å²) in [6.45, 7) is 0.153. The molecule has 0 atom stereocenters. The zero-order chi connectivity index (χ0) is 14.7. The van der Waals surface area contributed by atoms with E-state index in [-0.39, 0.29) is 18.2 Å². The minimum absolute atomic E-state index is 0.0728. The Morgan fingerprint density at radius 2 is 1.80 bits per heavy atom. The van der Waals surface area contributed by atoms with Gasteiger partial charge in [-0.1, -0.05) is 23.2 Å². The van der Waals surface area contributed by atoms with Crippen molar-refractivity contribution in [3.8, 4) is 5.75 Å². The Balaban J connectivity index is 2.10. The van der Waals surface area contributed by atoms with Crippen LogP contribution >= 0.6 is 23.2 Å². The summed E-state index contributed by atoms with van der Waals surface area (Å²) in [5.41, 5.74) is 7.02. The summed E-state index contributed by atoms with van der Waals surface area (Å²) in [6.07, 6.45) is 0. The van der Waals surface area contributed by atoms with Gasteiger partial charge in [0.05, 0.1) is 0 Å². The molecule has 104 valence electrons. The smallest absolute Gasteiger partial charge is 0.251 e. The molecule has 0 saturated carbocycles. The fraction of sp³-hybridized carbons (Fsp3) is 0.0714. The van der Waals surface area contributed by atoms with E-state index in [2.05, 4.69) is 5.32 Å². The van der Waals surface area contributed by atoms with Crippen LogP contribution in [0.2, 0.25) is 10.0 Å². The van der Waals surface area contributed by atoms with E-state index in [0.717, 1.165) is 0 Å². The maximum Gasteiger partial charge on any atom is 0.251 e. The number of nitrogen functional groups attached to an aromatic ring is 1. The van der Waals surface area contributed by atoms with Gasteiger partial charge < -0.3 is 16.2 Å². The minimum atomic E-state index is -0.337. The number of benzene rings is 2. The monoisotopic (exact) mass is 310 g/mol. The highest BCUT2D eigenvalue weighted by Gasteiger charge is 2.09. The van der Waals surface area contributed by atoms with Crippen LogP contribution in [0.4, 0.5) is 5.69 Å². The zero-order valence-corrected chi connectivity index (χ0v) is 11.9. The fourth-order valence-electron chi connectivity index (χ4n) is 1.71. The van der Waals surface area contributed by atoms with Crippen molar-refractivity contribution in [3.05, 3.63) is 57.6 Å². The van der Waals surface area contributed by atoms with Crippen molar-refractivity contribution in [2.75, 3.05) is 5.73 Å². The Morgan fingerprint density at radius 3 is 2.45 bits per heavy atom. The fourth-order valence-corrected chi connectivity index (χ4v) is 2.24. The number of hydrogen-bond acceptors (Lipinski definition) is 3. The van der Waals surface area contributed by atoms with Crippen LogP contribution in [0.5, 0.6) is 5.75 Å². The van der Waals surface area contributed by atoms with Crippen LogP contribution < -0.4 is 11.1 Å². The number of halogens is 2. The van der Waals surface area contributed by atoms with Gasteiger partial charge in [-0.15, -0.1) is 0 Å². The average Bonchev–Trinajstić information content (AvgIpc) is 2.38. The van der Waals surface area contributed by atoms with E-state index >= 15 is 0 Å². The lowest BCUT2D eigenvalue weighted by atomic mass is 10.1. The van der Waals surface area contributed by atoms with E-state index < -0.39 is 0 Å². The van der Waals surface area contributed by atoms with Gasteiger partial charge >= 0.3 is 0 Å². The first-order valence-electron chi connectivity index (χ1n) is 5.77. The number of carbonyl (C=O) groups excluding carboxylic acids is 1. The second kappa shape index (κ2) is 6.03. The number of phenols is 1. The molecule has 0 aliphatic rings. The maximum absolute atomic E-state index is 12.0. The summed E-state index contributed by atoms with van der Waals surface area (Å²) < 4.78 is 0.